The van der Waals surface area contributed by atoms with E-state index in [0.717, 1.165) is 22.0 Å². The van der Waals surface area contributed by atoms with Gasteiger partial charge in [-0.2, -0.15) is 0 Å². The Morgan fingerprint density at radius 1 is 1.21 bits per heavy atom. The molecule has 5 nitrogen and oxygen atoms in total. The van der Waals surface area contributed by atoms with Gasteiger partial charge in [0.1, 0.15) is 6.04 Å². The minimum atomic E-state index is -0.652. The molecule has 2 N–H and O–H groups in total. The molecule has 3 rings (SSSR count). The number of rotatable bonds is 7. The van der Waals surface area contributed by atoms with Gasteiger partial charge in [-0.15, -0.1) is 22.7 Å². The fourth-order valence-electron chi connectivity index (χ4n) is 2.57. The van der Waals surface area contributed by atoms with Gasteiger partial charge in [0.25, 0.3) is 5.91 Å². The number of thiazole rings is 1. The van der Waals surface area contributed by atoms with E-state index < -0.39 is 6.04 Å². The molecule has 0 radical (unpaired) electrons. The lowest BCUT2D eigenvalue weighted by atomic mass is 10.2. The lowest BCUT2D eigenvalue weighted by Gasteiger charge is -2.14. The van der Waals surface area contributed by atoms with Gasteiger partial charge in [0.2, 0.25) is 5.91 Å². The fraction of sp³-hybridized carbons (Fsp3) is 0.250. The largest absolute Gasteiger partial charge is 0.354 e. The zero-order valence-electron chi connectivity index (χ0n) is 15.5. The lowest BCUT2D eigenvalue weighted by Crippen LogP contribution is -2.45. The predicted molar refractivity (Wildman–Crippen MR) is 115 cm³/mol. The van der Waals surface area contributed by atoms with Crippen LogP contribution in [0.15, 0.2) is 41.8 Å². The molecule has 1 atom stereocenters. The molecule has 2 heterocycles. The quantitative estimate of drug-likeness (QED) is 0.583. The summed E-state index contributed by atoms with van der Waals surface area (Å²) in [6.07, 6.45) is 0.727. The Hall–Kier alpha value is -2.22. The smallest absolute Gasteiger partial charge is 0.253 e. The summed E-state index contributed by atoms with van der Waals surface area (Å²) < 4.78 is 0. The van der Waals surface area contributed by atoms with E-state index in [0.29, 0.717) is 17.1 Å². The SMILES string of the molecule is Cc1nc(-c2ccc(CCNC(=O)[C@H](C)NC(=O)c3ccccc3Cl)s2)cs1. The number of carbonyl (C=O) groups excluding carboxylic acids is 2. The van der Waals surface area contributed by atoms with Crippen LogP contribution < -0.4 is 10.6 Å². The van der Waals surface area contributed by atoms with Gasteiger partial charge in [-0.1, -0.05) is 23.7 Å². The fourth-order valence-corrected chi connectivity index (χ4v) is 4.45. The second-order valence-electron chi connectivity index (χ2n) is 6.23. The van der Waals surface area contributed by atoms with Crippen LogP contribution >= 0.6 is 34.3 Å². The number of hydrogen-bond acceptors (Lipinski definition) is 5. The van der Waals surface area contributed by atoms with E-state index in [1.165, 1.54) is 4.88 Å². The molecule has 146 valence electrons. The average molecular weight is 434 g/mol. The van der Waals surface area contributed by atoms with E-state index in [4.69, 9.17) is 11.6 Å². The van der Waals surface area contributed by atoms with Crippen molar-refractivity contribution in [1.82, 2.24) is 15.6 Å². The third kappa shape index (κ3) is 5.19. The average Bonchev–Trinajstić information content (AvgIpc) is 3.30. The van der Waals surface area contributed by atoms with E-state index >= 15 is 0 Å². The van der Waals surface area contributed by atoms with Crippen molar-refractivity contribution in [2.24, 2.45) is 0 Å². The van der Waals surface area contributed by atoms with E-state index in [9.17, 15) is 9.59 Å². The van der Waals surface area contributed by atoms with E-state index in [1.807, 2.05) is 6.92 Å². The molecular formula is C20H20ClN3O2S2. The maximum Gasteiger partial charge on any atom is 0.253 e. The maximum atomic E-state index is 12.3. The van der Waals surface area contributed by atoms with Crippen molar-refractivity contribution in [1.29, 1.82) is 0 Å². The maximum absolute atomic E-state index is 12.3. The molecule has 28 heavy (non-hydrogen) atoms. The number of carbonyl (C=O) groups is 2. The molecule has 0 saturated heterocycles. The van der Waals surface area contributed by atoms with Crippen LogP contribution in [0.4, 0.5) is 0 Å². The molecule has 2 aromatic heterocycles. The first-order valence-corrected chi connectivity index (χ1v) is 10.9. The summed E-state index contributed by atoms with van der Waals surface area (Å²) in [6, 6.07) is 10.2. The minimum absolute atomic E-state index is 0.229. The lowest BCUT2D eigenvalue weighted by molar-refractivity contribution is -0.122. The van der Waals surface area contributed by atoms with Gasteiger partial charge in [0, 0.05) is 16.8 Å². The molecule has 0 aliphatic carbocycles. The van der Waals surface area contributed by atoms with Gasteiger partial charge in [-0.25, -0.2) is 4.98 Å². The second kappa shape index (κ2) is 9.32. The number of nitrogens with zero attached hydrogens (tertiary/aromatic N) is 1. The van der Waals surface area contributed by atoms with Gasteiger partial charge in [0.05, 0.1) is 26.2 Å². The van der Waals surface area contributed by atoms with Crippen molar-refractivity contribution in [2.75, 3.05) is 6.54 Å². The Kier molecular flexibility index (Phi) is 6.83. The van der Waals surface area contributed by atoms with Crippen LogP contribution in [0.1, 0.15) is 27.2 Å². The molecule has 1 aromatic carbocycles. The summed E-state index contributed by atoms with van der Waals surface area (Å²) in [7, 11) is 0. The zero-order valence-corrected chi connectivity index (χ0v) is 17.9. The standard InChI is InChI=1S/C20H20ClN3O2S2/c1-12(23-20(26)15-5-3-4-6-16(15)21)19(25)22-10-9-14-7-8-18(28-14)17-11-27-13(2)24-17/h3-8,11-12H,9-10H2,1-2H3,(H,22,25)(H,23,26)/t12-/m0/s1. The second-order valence-corrected chi connectivity index (χ2v) is 8.87. The molecular weight excluding hydrogens is 414 g/mol. The molecule has 0 aliphatic rings. The molecule has 0 fully saturated rings. The number of thiophene rings is 1. The monoisotopic (exact) mass is 433 g/mol. The van der Waals surface area contributed by atoms with Gasteiger partial charge < -0.3 is 10.6 Å². The van der Waals surface area contributed by atoms with Crippen LogP contribution in [0, 0.1) is 6.92 Å². The summed E-state index contributed by atoms with van der Waals surface area (Å²) in [6.45, 7) is 4.14. The van der Waals surface area contributed by atoms with Crippen LogP contribution in [0.3, 0.4) is 0 Å². The Labute approximate surface area is 176 Å². The highest BCUT2D eigenvalue weighted by Gasteiger charge is 2.17. The van der Waals surface area contributed by atoms with Gasteiger partial charge in [0.15, 0.2) is 0 Å². The normalized spacial score (nSPS) is 11.8. The summed E-state index contributed by atoms with van der Waals surface area (Å²) in [5.41, 5.74) is 1.35. The van der Waals surface area contributed by atoms with E-state index in [2.05, 4.69) is 33.1 Å². The third-order valence-corrected chi connectivity index (χ3v) is 6.33. The Morgan fingerprint density at radius 2 is 2.00 bits per heavy atom. The first-order chi connectivity index (χ1) is 13.4. The van der Waals surface area contributed by atoms with Crippen LogP contribution in [-0.4, -0.2) is 29.4 Å². The number of amides is 2. The van der Waals surface area contributed by atoms with Crippen molar-refractivity contribution in [2.45, 2.75) is 26.3 Å². The molecule has 2 amide bonds. The third-order valence-electron chi connectivity index (χ3n) is 4.06. The van der Waals surface area contributed by atoms with Crippen LogP contribution in [0.2, 0.25) is 5.02 Å². The zero-order chi connectivity index (χ0) is 20.1. The Bertz CT molecular complexity index is 983. The topological polar surface area (TPSA) is 71.1 Å². The molecule has 8 heteroatoms. The predicted octanol–water partition coefficient (Wildman–Crippen LogP) is 4.31. The molecule has 0 spiro atoms. The number of halogens is 1. The highest BCUT2D eigenvalue weighted by atomic mass is 35.5. The number of aromatic nitrogens is 1. The number of benzene rings is 1. The summed E-state index contributed by atoms with van der Waals surface area (Å²) in [5, 5.41) is 8.99. The van der Waals surface area contributed by atoms with Crippen LogP contribution in [-0.2, 0) is 11.2 Å². The van der Waals surface area contributed by atoms with Crippen molar-refractivity contribution < 1.29 is 9.59 Å². The van der Waals surface area contributed by atoms with Crippen molar-refractivity contribution in [3.63, 3.8) is 0 Å². The van der Waals surface area contributed by atoms with Crippen molar-refractivity contribution in [3.8, 4) is 10.6 Å². The molecule has 0 aliphatic heterocycles. The number of hydrogen-bond donors (Lipinski definition) is 2. The first-order valence-electron chi connectivity index (χ1n) is 8.78. The summed E-state index contributed by atoms with van der Waals surface area (Å²) >= 11 is 9.33. The summed E-state index contributed by atoms with van der Waals surface area (Å²) in [4.78, 5) is 31.3. The summed E-state index contributed by atoms with van der Waals surface area (Å²) in [5.74, 6) is -0.595. The Balaban J connectivity index is 1.47. The van der Waals surface area contributed by atoms with Crippen LogP contribution in [0.5, 0.6) is 0 Å². The minimum Gasteiger partial charge on any atom is -0.354 e. The number of nitrogens with one attached hydrogen (secondary N) is 2. The Morgan fingerprint density at radius 3 is 2.71 bits per heavy atom. The molecule has 3 aromatic rings. The van der Waals surface area contributed by atoms with Gasteiger partial charge in [-0.3, -0.25) is 9.59 Å². The highest BCUT2D eigenvalue weighted by Crippen LogP contribution is 2.29. The van der Waals surface area contributed by atoms with E-state index in [-0.39, 0.29) is 11.8 Å². The number of aryl methyl sites for hydroxylation is 1. The first kappa shape index (κ1) is 20.5. The van der Waals surface area contributed by atoms with Crippen molar-refractivity contribution in [3.05, 3.63) is 62.2 Å². The highest BCUT2D eigenvalue weighted by molar-refractivity contribution is 7.16. The van der Waals surface area contributed by atoms with Gasteiger partial charge in [-0.05, 0) is 44.5 Å². The molecule has 0 bridgehead atoms. The molecule has 0 unspecified atom stereocenters. The molecule has 0 saturated carbocycles. The van der Waals surface area contributed by atoms with Crippen LogP contribution in [0.25, 0.3) is 10.6 Å². The van der Waals surface area contributed by atoms with Crippen molar-refractivity contribution >= 4 is 46.1 Å². The van der Waals surface area contributed by atoms with E-state index in [1.54, 1.807) is 53.9 Å². The van der Waals surface area contributed by atoms with Gasteiger partial charge >= 0.3 is 0 Å².